The van der Waals surface area contributed by atoms with Crippen molar-refractivity contribution in [3.63, 3.8) is 0 Å². The predicted octanol–water partition coefficient (Wildman–Crippen LogP) is 2.97. The van der Waals surface area contributed by atoms with Gasteiger partial charge in [0.25, 0.3) is 5.91 Å². The van der Waals surface area contributed by atoms with Gasteiger partial charge in [-0.3, -0.25) is 19.2 Å². The van der Waals surface area contributed by atoms with Gasteiger partial charge in [-0.05, 0) is 56.7 Å². The van der Waals surface area contributed by atoms with Crippen LogP contribution in [0.2, 0.25) is 0 Å². The van der Waals surface area contributed by atoms with Gasteiger partial charge in [0.1, 0.15) is 6.04 Å². The first-order valence-corrected chi connectivity index (χ1v) is 25.1. The van der Waals surface area contributed by atoms with E-state index in [0.29, 0.717) is 52.9 Å². The molecule has 1 fully saturated rings. The van der Waals surface area contributed by atoms with Crippen LogP contribution >= 0.6 is 0 Å². The molecule has 18 nitrogen and oxygen atoms in total. The van der Waals surface area contributed by atoms with E-state index in [4.69, 9.17) is 33.2 Å². The SMILES string of the molecule is Cc1ccc(S(=O)(=O)CC(CS(=O)(=O)c2ccc(C)cc2)C(=O)c2ccc(C(=O)N[C@@H](CCC(=O)O)C(=O)N3CCOCCOCCOCCOCCOCCOCCOCC3)cc2)cc1. The van der Waals surface area contributed by atoms with Crippen LogP contribution < -0.4 is 5.32 Å². The molecule has 0 aromatic heterocycles. The molecule has 1 aliphatic rings. The highest BCUT2D eigenvalue weighted by atomic mass is 32.2. The fourth-order valence-corrected chi connectivity index (χ4v) is 9.76. The molecular formula is C46H62N2O16S2. The number of benzene rings is 3. The Labute approximate surface area is 387 Å². The number of nitrogens with one attached hydrogen (secondary N) is 1. The van der Waals surface area contributed by atoms with Gasteiger partial charge in [0.05, 0.1) is 120 Å². The molecule has 4 rings (SSSR count). The van der Waals surface area contributed by atoms with E-state index < -0.39 is 73.1 Å². The maximum atomic E-state index is 14.1. The number of carbonyl (C=O) groups excluding carboxylic acids is 3. The van der Waals surface area contributed by atoms with Crippen molar-refractivity contribution >= 4 is 43.2 Å². The molecule has 0 radical (unpaired) electrons. The number of carboxylic acid groups (broad SMARTS) is 1. The molecule has 0 spiro atoms. The van der Waals surface area contributed by atoms with Crippen molar-refractivity contribution in [3.8, 4) is 0 Å². The van der Waals surface area contributed by atoms with E-state index in [1.54, 1.807) is 38.1 Å². The van der Waals surface area contributed by atoms with Gasteiger partial charge < -0.3 is 48.5 Å². The molecule has 0 unspecified atom stereocenters. The zero-order chi connectivity index (χ0) is 47.8. The van der Waals surface area contributed by atoms with Crippen LogP contribution in [0.5, 0.6) is 0 Å². The van der Waals surface area contributed by atoms with Gasteiger partial charge in [-0.15, -0.1) is 0 Å². The zero-order valence-electron chi connectivity index (χ0n) is 37.6. The Bertz CT molecular complexity index is 2080. The molecule has 0 saturated carbocycles. The number of carbonyl (C=O) groups is 4. The fraction of sp³-hybridized carbons (Fsp3) is 0.522. The van der Waals surface area contributed by atoms with Gasteiger partial charge >= 0.3 is 5.97 Å². The fourth-order valence-electron chi connectivity index (χ4n) is 6.52. The number of nitrogens with zero attached hydrogens (tertiary/aromatic N) is 1. The lowest BCUT2D eigenvalue weighted by molar-refractivity contribution is -0.138. The molecule has 364 valence electrons. The number of sulfone groups is 2. The number of hydrogen-bond acceptors (Lipinski definition) is 15. The summed E-state index contributed by atoms with van der Waals surface area (Å²) in [7, 11) is -8.29. The van der Waals surface area contributed by atoms with Gasteiger partial charge in [-0.1, -0.05) is 47.5 Å². The second kappa shape index (κ2) is 28.5. The normalized spacial score (nSPS) is 17.0. The second-order valence-electron chi connectivity index (χ2n) is 15.4. The van der Waals surface area contributed by atoms with Crippen LogP contribution in [-0.2, 0) is 62.4 Å². The van der Waals surface area contributed by atoms with Gasteiger partial charge in [-0.25, -0.2) is 16.8 Å². The number of aryl methyl sites for hydroxylation is 2. The summed E-state index contributed by atoms with van der Waals surface area (Å²) in [5.41, 5.74) is 1.57. The van der Waals surface area contributed by atoms with Crippen LogP contribution in [0, 0.1) is 19.8 Å². The molecule has 3 aromatic rings. The molecule has 3 aromatic carbocycles. The summed E-state index contributed by atoms with van der Waals surface area (Å²) in [5.74, 6) is -6.42. The summed E-state index contributed by atoms with van der Waals surface area (Å²) < 4.78 is 93.3. The molecule has 20 heteroatoms. The number of rotatable bonds is 14. The van der Waals surface area contributed by atoms with Crippen LogP contribution in [0.4, 0.5) is 0 Å². The minimum Gasteiger partial charge on any atom is -0.481 e. The van der Waals surface area contributed by atoms with E-state index in [1.165, 1.54) is 53.4 Å². The summed E-state index contributed by atoms with van der Waals surface area (Å²) in [6.07, 6.45) is -0.697. The third-order valence-electron chi connectivity index (χ3n) is 10.2. The summed E-state index contributed by atoms with van der Waals surface area (Å²) in [6, 6.07) is 15.8. The number of ether oxygens (including phenoxy) is 7. The second-order valence-corrected chi connectivity index (χ2v) is 19.5. The molecule has 1 saturated heterocycles. The number of aliphatic carboxylic acids is 1. The molecule has 0 aliphatic carbocycles. The molecular weight excluding hydrogens is 901 g/mol. The first kappa shape index (κ1) is 54.0. The molecule has 1 heterocycles. The van der Waals surface area contributed by atoms with E-state index in [0.717, 1.165) is 11.1 Å². The smallest absolute Gasteiger partial charge is 0.303 e. The highest BCUT2D eigenvalue weighted by Crippen LogP contribution is 2.23. The highest BCUT2D eigenvalue weighted by Gasteiger charge is 2.33. The number of carboxylic acids is 1. The first-order chi connectivity index (χ1) is 31.7. The topological polar surface area (TPSA) is 237 Å². The summed E-state index contributed by atoms with van der Waals surface area (Å²) in [4.78, 5) is 54.7. The Kier molecular flexibility index (Phi) is 23.3. The average Bonchev–Trinajstić information content (AvgIpc) is 3.29. The maximum Gasteiger partial charge on any atom is 0.303 e. The Hall–Kier alpha value is -4.64. The van der Waals surface area contributed by atoms with Crippen molar-refractivity contribution in [3.05, 3.63) is 95.1 Å². The monoisotopic (exact) mass is 962 g/mol. The highest BCUT2D eigenvalue weighted by molar-refractivity contribution is 7.92. The lowest BCUT2D eigenvalue weighted by Crippen LogP contribution is -2.50. The van der Waals surface area contributed by atoms with Crippen molar-refractivity contribution in [1.82, 2.24) is 10.2 Å². The molecule has 2 amide bonds. The van der Waals surface area contributed by atoms with E-state index in [1.807, 2.05) is 0 Å². The van der Waals surface area contributed by atoms with Crippen LogP contribution in [0.1, 0.15) is 44.7 Å². The average molecular weight is 963 g/mol. The predicted molar refractivity (Wildman–Crippen MR) is 241 cm³/mol. The summed E-state index contributed by atoms with van der Waals surface area (Å²) >= 11 is 0. The Morgan fingerprint density at radius 3 is 1.26 bits per heavy atom. The molecule has 2 N–H and O–H groups in total. The molecule has 0 bridgehead atoms. The minimum absolute atomic E-state index is 0.00436. The standard InChI is InChI=1S/C46H62N2O16S2/c1-35-3-11-40(12-4-35)65(54,55)33-39(34-66(56,57)41-13-5-36(2)6-14-41)44(51)37-7-9-38(10-8-37)45(52)47-42(15-16-43(49)50)46(53)48-17-19-58-21-23-60-25-27-62-29-31-64-32-30-63-28-26-61-24-22-59-20-18-48/h3-14,39,42H,15-34H2,1-2H3,(H,47,52)(H,49,50)/t42-/m0/s1. The van der Waals surface area contributed by atoms with Crippen LogP contribution in [0.15, 0.2) is 82.6 Å². The van der Waals surface area contributed by atoms with Gasteiger partial charge in [0.2, 0.25) is 5.91 Å². The minimum atomic E-state index is -4.15. The third kappa shape index (κ3) is 19.3. The van der Waals surface area contributed by atoms with E-state index in [9.17, 15) is 41.1 Å². The summed E-state index contributed by atoms with van der Waals surface area (Å²) in [5, 5.41) is 12.2. The van der Waals surface area contributed by atoms with E-state index >= 15 is 0 Å². The number of hydrogen-bond donors (Lipinski definition) is 2. The summed E-state index contributed by atoms with van der Waals surface area (Å²) in [6.45, 7) is 8.01. The van der Waals surface area contributed by atoms with Crippen LogP contribution in [-0.4, -0.2) is 174 Å². The number of ketones is 1. The Morgan fingerprint density at radius 2 is 0.894 bits per heavy atom. The van der Waals surface area contributed by atoms with Crippen molar-refractivity contribution < 1.29 is 74.3 Å². The zero-order valence-corrected chi connectivity index (χ0v) is 39.2. The Balaban J connectivity index is 1.47. The van der Waals surface area contributed by atoms with Gasteiger partial charge in [0.15, 0.2) is 25.5 Å². The lowest BCUT2D eigenvalue weighted by Gasteiger charge is -2.28. The molecule has 1 atom stereocenters. The largest absolute Gasteiger partial charge is 0.481 e. The number of amides is 2. The first-order valence-electron chi connectivity index (χ1n) is 21.7. The van der Waals surface area contributed by atoms with Crippen LogP contribution in [0.25, 0.3) is 0 Å². The maximum absolute atomic E-state index is 14.1. The number of Topliss-reactive ketones (excluding diaryl/α,β-unsaturated/α-hetero) is 1. The molecule has 66 heavy (non-hydrogen) atoms. The van der Waals surface area contributed by atoms with Gasteiger partial charge in [0, 0.05) is 30.6 Å². The molecule has 1 aliphatic heterocycles. The van der Waals surface area contributed by atoms with E-state index in [2.05, 4.69) is 5.32 Å². The van der Waals surface area contributed by atoms with Crippen LogP contribution in [0.3, 0.4) is 0 Å². The van der Waals surface area contributed by atoms with Crippen molar-refractivity contribution in [1.29, 1.82) is 0 Å². The Morgan fingerprint density at radius 1 is 0.545 bits per heavy atom. The third-order valence-corrected chi connectivity index (χ3v) is 13.9. The lowest BCUT2D eigenvalue weighted by atomic mass is 9.99. The van der Waals surface area contributed by atoms with Crippen molar-refractivity contribution in [2.75, 3.05) is 117 Å². The van der Waals surface area contributed by atoms with Crippen molar-refractivity contribution in [2.45, 2.75) is 42.5 Å². The quantitative estimate of drug-likeness (QED) is 0.221. The van der Waals surface area contributed by atoms with Gasteiger partial charge in [-0.2, -0.15) is 0 Å². The van der Waals surface area contributed by atoms with E-state index in [-0.39, 0.29) is 80.1 Å². The van der Waals surface area contributed by atoms with Crippen molar-refractivity contribution in [2.24, 2.45) is 5.92 Å².